The Hall–Kier alpha value is -1.02. The summed E-state index contributed by atoms with van der Waals surface area (Å²) in [4.78, 5) is 0. The molecule has 1 aliphatic rings. The van der Waals surface area contributed by atoms with Crippen LogP contribution in [-0.4, -0.2) is 19.2 Å². The molecule has 1 N–H and O–H groups in total. The van der Waals surface area contributed by atoms with E-state index in [1.54, 1.807) is 0 Å². The van der Waals surface area contributed by atoms with E-state index in [4.69, 9.17) is 4.74 Å². The highest BCUT2D eigenvalue weighted by atomic mass is 16.5. The Balaban J connectivity index is 1.79. The molecule has 0 aliphatic heterocycles. The van der Waals surface area contributed by atoms with Crippen molar-refractivity contribution in [3.05, 3.63) is 29.8 Å². The maximum atomic E-state index is 6.02. The van der Waals surface area contributed by atoms with Crippen molar-refractivity contribution >= 4 is 0 Å². The molecule has 1 aliphatic carbocycles. The standard InChI is InChI=1S/C19H31NO/c1-15-8-7-9-16(14-15)20-12-13-21-18-11-6-5-10-17(18)19(2,3)4/h5-6,10-11,15-16,20H,7-9,12-14H2,1-4H3. The van der Waals surface area contributed by atoms with Crippen molar-refractivity contribution in [2.45, 2.75) is 64.8 Å². The van der Waals surface area contributed by atoms with Crippen LogP contribution in [0.25, 0.3) is 0 Å². The van der Waals surface area contributed by atoms with Crippen LogP contribution in [0.15, 0.2) is 24.3 Å². The van der Waals surface area contributed by atoms with E-state index in [1.807, 2.05) is 0 Å². The van der Waals surface area contributed by atoms with Crippen LogP contribution >= 0.6 is 0 Å². The highest BCUT2D eigenvalue weighted by Gasteiger charge is 2.19. The average Bonchev–Trinajstić information content (AvgIpc) is 2.43. The lowest BCUT2D eigenvalue weighted by molar-refractivity contribution is 0.263. The molecule has 1 fully saturated rings. The summed E-state index contributed by atoms with van der Waals surface area (Å²) < 4.78 is 6.02. The molecule has 2 unspecified atom stereocenters. The van der Waals surface area contributed by atoms with E-state index in [2.05, 4.69) is 57.3 Å². The van der Waals surface area contributed by atoms with Crippen LogP contribution in [0.1, 0.15) is 58.9 Å². The number of ether oxygens (including phenoxy) is 1. The molecule has 0 bridgehead atoms. The van der Waals surface area contributed by atoms with Gasteiger partial charge in [0.15, 0.2) is 0 Å². The minimum Gasteiger partial charge on any atom is -0.492 e. The minimum absolute atomic E-state index is 0.128. The lowest BCUT2D eigenvalue weighted by Crippen LogP contribution is -2.36. The Morgan fingerprint density at radius 1 is 1.19 bits per heavy atom. The molecule has 2 nitrogen and oxygen atoms in total. The number of nitrogens with one attached hydrogen (secondary N) is 1. The molecule has 0 heterocycles. The van der Waals surface area contributed by atoms with Crippen molar-refractivity contribution in [2.75, 3.05) is 13.2 Å². The fourth-order valence-electron chi connectivity index (χ4n) is 3.26. The first-order chi connectivity index (χ1) is 9.97. The lowest BCUT2D eigenvalue weighted by Gasteiger charge is -2.28. The normalized spacial score (nSPS) is 23.0. The Kier molecular flexibility index (Phi) is 5.69. The van der Waals surface area contributed by atoms with E-state index in [9.17, 15) is 0 Å². The minimum atomic E-state index is 0.128. The van der Waals surface area contributed by atoms with Crippen LogP contribution < -0.4 is 10.1 Å². The van der Waals surface area contributed by atoms with Crippen LogP contribution in [0.3, 0.4) is 0 Å². The first-order valence-corrected chi connectivity index (χ1v) is 8.42. The Morgan fingerprint density at radius 3 is 2.67 bits per heavy atom. The lowest BCUT2D eigenvalue weighted by atomic mass is 9.86. The van der Waals surface area contributed by atoms with Crippen LogP contribution in [0, 0.1) is 5.92 Å². The molecule has 2 rings (SSSR count). The summed E-state index contributed by atoms with van der Waals surface area (Å²) in [6.45, 7) is 10.8. The number of hydrogen-bond donors (Lipinski definition) is 1. The number of rotatable bonds is 5. The van der Waals surface area contributed by atoms with Gasteiger partial charge in [-0.05, 0) is 35.8 Å². The van der Waals surface area contributed by atoms with Gasteiger partial charge in [-0.2, -0.15) is 0 Å². The molecule has 0 saturated heterocycles. The number of para-hydroxylation sites is 1. The molecular formula is C19H31NO. The largest absolute Gasteiger partial charge is 0.492 e. The van der Waals surface area contributed by atoms with Gasteiger partial charge < -0.3 is 10.1 Å². The zero-order valence-corrected chi connectivity index (χ0v) is 14.1. The van der Waals surface area contributed by atoms with Crippen molar-refractivity contribution in [1.29, 1.82) is 0 Å². The van der Waals surface area contributed by atoms with Gasteiger partial charge in [-0.25, -0.2) is 0 Å². The second-order valence-electron chi connectivity index (χ2n) is 7.52. The summed E-state index contributed by atoms with van der Waals surface area (Å²) in [6.07, 6.45) is 5.40. The predicted octanol–water partition coefficient (Wildman–Crippen LogP) is 4.53. The van der Waals surface area contributed by atoms with E-state index in [0.29, 0.717) is 6.04 Å². The maximum Gasteiger partial charge on any atom is 0.123 e. The molecule has 2 atom stereocenters. The first kappa shape index (κ1) is 16.4. The summed E-state index contributed by atoms with van der Waals surface area (Å²) in [5.74, 6) is 1.91. The monoisotopic (exact) mass is 289 g/mol. The highest BCUT2D eigenvalue weighted by Crippen LogP contribution is 2.30. The Labute approximate surface area is 130 Å². The number of hydrogen-bond acceptors (Lipinski definition) is 2. The third-order valence-corrected chi connectivity index (χ3v) is 4.42. The third-order valence-electron chi connectivity index (χ3n) is 4.42. The van der Waals surface area contributed by atoms with E-state index < -0.39 is 0 Å². The Morgan fingerprint density at radius 2 is 1.95 bits per heavy atom. The van der Waals surface area contributed by atoms with Gasteiger partial charge in [-0.3, -0.25) is 0 Å². The molecule has 2 heteroatoms. The van der Waals surface area contributed by atoms with E-state index in [1.165, 1.54) is 31.2 Å². The maximum absolute atomic E-state index is 6.02. The van der Waals surface area contributed by atoms with Crippen LogP contribution in [0.5, 0.6) is 5.75 Å². The highest BCUT2D eigenvalue weighted by molar-refractivity contribution is 5.38. The first-order valence-electron chi connectivity index (χ1n) is 8.42. The van der Waals surface area contributed by atoms with E-state index >= 15 is 0 Å². The molecule has 1 aromatic rings. The molecule has 118 valence electrons. The van der Waals surface area contributed by atoms with Crippen LogP contribution in [0.4, 0.5) is 0 Å². The zero-order chi connectivity index (χ0) is 15.3. The van der Waals surface area contributed by atoms with Crippen molar-refractivity contribution in [3.8, 4) is 5.75 Å². The van der Waals surface area contributed by atoms with Crippen molar-refractivity contribution in [1.82, 2.24) is 5.32 Å². The molecule has 0 radical (unpaired) electrons. The summed E-state index contributed by atoms with van der Waals surface area (Å²) in [5.41, 5.74) is 1.42. The molecule has 0 aromatic heterocycles. The smallest absolute Gasteiger partial charge is 0.123 e. The fourth-order valence-corrected chi connectivity index (χ4v) is 3.26. The van der Waals surface area contributed by atoms with E-state index in [0.717, 1.165) is 24.8 Å². The molecule has 1 aromatic carbocycles. The topological polar surface area (TPSA) is 21.3 Å². The Bertz CT molecular complexity index is 435. The van der Waals surface area contributed by atoms with Gasteiger partial charge in [0.1, 0.15) is 12.4 Å². The van der Waals surface area contributed by atoms with Crippen molar-refractivity contribution in [3.63, 3.8) is 0 Å². The fraction of sp³-hybridized carbons (Fsp3) is 0.684. The second-order valence-corrected chi connectivity index (χ2v) is 7.52. The molecule has 0 amide bonds. The summed E-state index contributed by atoms with van der Waals surface area (Å²) >= 11 is 0. The van der Waals surface area contributed by atoms with Gasteiger partial charge >= 0.3 is 0 Å². The summed E-state index contributed by atoms with van der Waals surface area (Å²) in [7, 11) is 0. The zero-order valence-electron chi connectivity index (χ0n) is 14.1. The predicted molar refractivity (Wildman–Crippen MR) is 90.1 cm³/mol. The number of benzene rings is 1. The van der Waals surface area contributed by atoms with Crippen LogP contribution in [0.2, 0.25) is 0 Å². The van der Waals surface area contributed by atoms with E-state index in [-0.39, 0.29) is 5.41 Å². The summed E-state index contributed by atoms with van der Waals surface area (Å²) in [5, 5.41) is 3.66. The molecule has 1 saturated carbocycles. The van der Waals surface area contributed by atoms with Crippen molar-refractivity contribution < 1.29 is 4.74 Å². The third kappa shape index (κ3) is 5.03. The molecule has 0 spiro atoms. The molecule has 21 heavy (non-hydrogen) atoms. The van der Waals surface area contributed by atoms with Gasteiger partial charge in [-0.15, -0.1) is 0 Å². The SMILES string of the molecule is CC1CCCC(NCCOc2ccccc2C(C)(C)C)C1. The average molecular weight is 289 g/mol. The van der Waals surface area contributed by atoms with Gasteiger partial charge in [0.2, 0.25) is 0 Å². The van der Waals surface area contributed by atoms with Crippen LogP contribution in [-0.2, 0) is 5.41 Å². The van der Waals surface area contributed by atoms with Gasteiger partial charge in [0.25, 0.3) is 0 Å². The molecular weight excluding hydrogens is 258 g/mol. The van der Waals surface area contributed by atoms with Gasteiger partial charge in [0.05, 0.1) is 0 Å². The van der Waals surface area contributed by atoms with Gasteiger partial charge in [-0.1, -0.05) is 58.7 Å². The quantitative estimate of drug-likeness (QED) is 0.804. The summed E-state index contributed by atoms with van der Waals surface area (Å²) in [6, 6.07) is 9.10. The van der Waals surface area contributed by atoms with Crippen molar-refractivity contribution in [2.24, 2.45) is 5.92 Å². The second kappa shape index (κ2) is 7.31. The van der Waals surface area contributed by atoms with Gasteiger partial charge in [0, 0.05) is 12.6 Å².